The summed E-state index contributed by atoms with van der Waals surface area (Å²) in [6.07, 6.45) is 4.93. The number of hydrogen-bond donors (Lipinski definition) is 6. The molecular formula is C43H49FN10O5. The summed E-state index contributed by atoms with van der Waals surface area (Å²) in [5.74, 6) is -1.49. The molecule has 16 heteroatoms. The van der Waals surface area contributed by atoms with Gasteiger partial charge in [0, 0.05) is 62.0 Å². The van der Waals surface area contributed by atoms with Gasteiger partial charge in [-0.15, -0.1) is 0 Å². The van der Waals surface area contributed by atoms with E-state index in [0.717, 1.165) is 60.1 Å². The molecule has 2 heterocycles. The molecule has 0 radical (unpaired) electrons. The third-order valence-electron chi connectivity index (χ3n) is 10.2. The fourth-order valence-electron chi connectivity index (χ4n) is 7.15. The van der Waals surface area contributed by atoms with Crippen LogP contribution in [0.5, 0.6) is 0 Å². The molecule has 8 N–H and O–H groups in total. The number of nitro benzene ring substituents is 1. The number of aromatic nitrogens is 1. The summed E-state index contributed by atoms with van der Waals surface area (Å²) in [6, 6.07) is 24.1. The lowest BCUT2D eigenvalue weighted by molar-refractivity contribution is -0.384. The first-order valence-electron chi connectivity index (χ1n) is 19.6. The van der Waals surface area contributed by atoms with Gasteiger partial charge in [-0.1, -0.05) is 60.7 Å². The van der Waals surface area contributed by atoms with Gasteiger partial charge in [-0.3, -0.25) is 29.6 Å². The quantitative estimate of drug-likeness (QED) is 0.0235. The summed E-state index contributed by atoms with van der Waals surface area (Å²) < 4.78 is 15.8. The Hall–Kier alpha value is -6.81. The molecule has 5 aromatic rings. The maximum atomic E-state index is 14.1. The summed E-state index contributed by atoms with van der Waals surface area (Å²) in [4.78, 5) is 58.5. The Balaban J connectivity index is 1.22. The minimum atomic E-state index is -1.20. The molecule has 6 rings (SSSR count). The van der Waals surface area contributed by atoms with Crippen LogP contribution in [0.15, 0.2) is 108 Å². The van der Waals surface area contributed by atoms with Gasteiger partial charge in [-0.05, 0) is 85.3 Å². The number of nitrogens with zero attached hydrogens (tertiary/aromatic N) is 4. The Morgan fingerprint density at radius 1 is 0.831 bits per heavy atom. The van der Waals surface area contributed by atoms with Crippen LogP contribution < -0.4 is 32.7 Å². The topological polar surface area (TPSA) is 215 Å². The number of nitro groups is 1. The largest absolute Gasteiger partial charge is 0.370 e. The third kappa shape index (κ3) is 12.1. The Morgan fingerprint density at radius 3 is 2.24 bits per heavy atom. The number of likely N-dealkylation sites (tertiary alicyclic amines) is 1. The summed E-state index contributed by atoms with van der Waals surface area (Å²) >= 11 is 0. The van der Waals surface area contributed by atoms with Crippen molar-refractivity contribution in [2.75, 3.05) is 25.0 Å². The lowest BCUT2D eigenvalue weighted by atomic mass is 10.0. The van der Waals surface area contributed by atoms with Crippen molar-refractivity contribution in [1.82, 2.24) is 25.4 Å². The number of hydrogen-bond acceptors (Lipinski definition) is 7. The highest BCUT2D eigenvalue weighted by molar-refractivity contribution is 5.97. The first kappa shape index (κ1) is 41.8. The number of non-ortho nitro benzene ring substituents is 1. The van der Waals surface area contributed by atoms with Crippen LogP contribution in [0.1, 0.15) is 47.9 Å². The molecule has 0 unspecified atom stereocenters. The number of halogens is 1. The van der Waals surface area contributed by atoms with Crippen LogP contribution in [0.3, 0.4) is 0 Å². The van der Waals surface area contributed by atoms with Crippen LogP contribution in [0, 0.1) is 15.9 Å². The second-order valence-corrected chi connectivity index (χ2v) is 14.6. The number of urea groups is 1. The average Bonchev–Trinajstić information content (AvgIpc) is 3.86. The monoisotopic (exact) mass is 804 g/mol. The first-order valence-corrected chi connectivity index (χ1v) is 19.6. The molecule has 1 saturated heterocycles. The molecule has 0 aliphatic carbocycles. The zero-order chi connectivity index (χ0) is 41.7. The first-order chi connectivity index (χ1) is 28.5. The highest BCUT2D eigenvalue weighted by Crippen LogP contribution is 2.28. The van der Waals surface area contributed by atoms with Crippen molar-refractivity contribution in [1.29, 1.82) is 0 Å². The number of aliphatic imine (C=N–C) groups is 1. The SMILES string of the molecule is NC(N)=NCCC[C@H](NC(=O)[C@H](Cc1ccc([N+](=O)[O-])cc1)NC(=O)Nc1ccc2c(CN3CCCC3)cn(Cc3ccc(F)cc3)c2c1)C(=O)NCc1ccccc1. The van der Waals surface area contributed by atoms with E-state index in [1.54, 1.807) is 18.2 Å². The van der Waals surface area contributed by atoms with Crippen LogP contribution >= 0.6 is 0 Å². The van der Waals surface area contributed by atoms with Crippen molar-refractivity contribution >= 4 is 46.1 Å². The predicted molar refractivity (Wildman–Crippen MR) is 225 cm³/mol. The van der Waals surface area contributed by atoms with Gasteiger partial charge in [0.1, 0.15) is 17.9 Å². The van der Waals surface area contributed by atoms with E-state index in [1.165, 1.54) is 36.4 Å². The fraction of sp³-hybridized carbons (Fsp3) is 0.302. The van der Waals surface area contributed by atoms with Crippen molar-refractivity contribution in [2.24, 2.45) is 16.5 Å². The van der Waals surface area contributed by atoms with Crippen molar-refractivity contribution in [3.63, 3.8) is 0 Å². The minimum Gasteiger partial charge on any atom is -0.370 e. The molecule has 15 nitrogen and oxygen atoms in total. The molecule has 2 atom stereocenters. The second kappa shape index (κ2) is 20.1. The summed E-state index contributed by atoms with van der Waals surface area (Å²) in [5, 5.41) is 23.7. The number of carbonyl (C=O) groups excluding carboxylic acids is 3. The zero-order valence-corrected chi connectivity index (χ0v) is 32.6. The molecule has 1 aliphatic rings. The lowest BCUT2D eigenvalue weighted by Gasteiger charge is -2.23. The molecule has 308 valence electrons. The van der Waals surface area contributed by atoms with E-state index in [4.69, 9.17) is 11.5 Å². The number of nitrogens with one attached hydrogen (secondary N) is 4. The van der Waals surface area contributed by atoms with E-state index in [9.17, 15) is 28.9 Å². The van der Waals surface area contributed by atoms with Gasteiger partial charge in [-0.2, -0.15) is 0 Å². The average molecular weight is 805 g/mol. The molecule has 1 aliphatic heterocycles. The summed E-state index contributed by atoms with van der Waals surface area (Å²) in [5.41, 5.74) is 15.6. The molecular weight excluding hydrogens is 756 g/mol. The van der Waals surface area contributed by atoms with E-state index in [0.29, 0.717) is 24.2 Å². The molecule has 59 heavy (non-hydrogen) atoms. The number of nitrogens with two attached hydrogens (primary N) is 2. The minimum absolute atomic E-state index is 0.0387. The Bertz CT molecular complexity index is 2250. The normalized spacial score (nSPS) is 13.6. The van der Waals surface area contributed by atoms with E-state index in [2.05, 4.69) is 41.9 Å². The number of rotatable bonds is 18. The highest BCUT2D eigenvalue weighted by Gasteiger charge is 2.28. The number of fused-ring (bicyclic) bond motifs is 1. The predicted octanol–water partition coefficient (Wildman–Crippen LogP) is 4.92. The van der Waals surface area contributed by atoms with E-state index in [-0.39, 0.29) is 43.4 Å². The summed E-state index contributed by atoms with van der Waals surface area (Å²) in [7, 11) is 0. The zero-order valence-electron chi connectivity index (χ0n) is 32.6. The van der Waals surface area contributed by atoms with Crippen molar-refractivity contribution in [3.8, 4) is 0 Å². The Kier molecular flexibility index (Phi) is 14.2. The van der Waals surface area contributed by atoms with Gasteiger partial charge in [0.25, 0.3) is 5.69 Å². The van der Waals surface area contributed by atoms with Gasteiger partial charge in [0.2, 0.25) is 11.8 Å². The van der Waals surface area contributed by atoms with Crippen molar-refractivity contribution in [3.05, 3.63) is 141 Å². The standard InChI is InChI=1S/C43H49FN10O5/c44-33-14-10-31(11-15-33)26-53-28-32(27-52-21-4-5-22-52)36-19-16-34(24-39(36)53)49-43(57)51-38(23-29-12-17-35(18-13-29)54(58)59)41(56)50-37(9-6-20-47-42(45)46)40(55)48-25-30-7-2-1-3-8-30/h1-3,7-8,10-19,24,28,37-38H,4-6,9,20-23,25-27H2,(H,48,55)(H,50,56)(H4,45,46,47)(H2,49,51,57)/t37-,38-/m0/s1. The van der Waals surface area contributed by atoms with Gasteiger partial charge in [0.05, 0.1) is 10.4 Å². The van der Waals surface area contributed by atoms with Crippen LogP contribution in [-0.4, -0.2) is 69.9 Å². The Labute approximate surface area is 341 Å². The molecule has 1 fully saturated rings. The van der Waals surface area contributed by atoms with Gasteiger partial charge >= 0.3 is 6.03 Å². The van der Waals surface area contributed by atoms with Crippen molar-refractivity contribution in [2.45, 2.75) is 63.8 Å². The van der Waals surface area contributed by atoms with Crippen LogP contribution in [0.2, 0.25) is 0 Å². The maximum Gasteiger partial charge on any atom is 0.319 e. The smallest absolute Gasteiger partial charge is 0.319 e. The molecule has 0 bridgehead atoms. The van der Waals surface area contributed by atoms with Gasteiger partial charge in [0.15, 0.2) is 5.96 Å². The van der Waals surface area contributed by atoms with Crippen LogP contribution in [0.25, 0.3) is 10.9 Å². The molecule has 0 saturated carbocycles. The van der Waals surface area contributed by atoms with Crippen molar-refractivity contribution < 1.29 is 23.7 Å². The molecule has 1 aromatic heterocycles. The van der Waals surface area contributed by atoms with E-state index < -0.39 is 34.9 Å². The van der Waals surface area contributed by atoms with Crippen LogP contribution in [0.4, 0.5) is 20.6 Å². The highest BCUT2D eigenvalue weighted by atomic mass is 19.1. The summed E-state index contributed by atoms with van der Waals surface area (Å²) in [6.45, 7) is 3.76. The van der Waals surface area contributed by atoms with Crippen LogP contribution in [-0.2, 0) is 35.6 Å². The van der Waals surface area contributed by atoms with E-state index >= 15 is 0 Å². The van der Waals surface area contributed by atoms with Gasteiger partial charge in [-0.25, -0.2) is 9.18 Å². The maximum absolute atomic E-state index is 14.1. The lowest BCUT2D eigenvalue weighted by Crippen LogP contribution is -2.55. The molecule has 4 aromatic carbocycles. The fourth-order valence-corrected chi connectivity index (χ4v) is 7.15. The van der Waals surface area contributed by atoms with E-state index in [1.807, 2.05) is 42.5 Å². The number of amides is 4. The molecule has 0 spiro atoms. The number of carbonyl (C=O) groups is 3. The van der Waals surface area contributed by atoms with Gasteiger partial charge < -0.3 is 37.3 Å². The third-order valence-corrected chi connectivity index (χ3v) is 10.2. The number of guanidine groups is 1. The molecule has 4 amide bonds. The second-order valence-electron chi connectivity index (χ2n) is 14.6. The number of anilines is 1. The number of benzene rings is 4. The Morgan fingerprint density at radius 2 is 1.54 bits per heavy atom.